The van der Waals surface area contributed by atoms with Gasteiger partial charge in [-0.05, 0) is 24.6 Å². The summed E-state index contributed by atoms with van der Waals surface area (Å²) in [6.45, 7) is 1.92. The number of phenols is 1. The predicted molar refractivity (Wildman–Crippen MR) is 104 cm³/mol. The summed E-state index contributed by atoms with van der Waals surface area (Å²) in [5.41, 5.74) is 6.16. The van der Waals surface area contributed by atoms with Crippen molar-refractivity contribution in [2.75, 3.05) is 19.4 Å². The lowest BCUT2D eigenvalue weighted by Gasteiger charge is -2.45. The van der Waals surface area contributed by atoms with E-state index in [4.69, 9.17) is 0 Å². The van der Waals surface area contributed by atoms with Gasteiger partial charge in [0.1, 0.15) is 17.1 Å². The van der Waals surface area contributed by atoms with Gasteiger partial charge in [-0.3, -0.25) is 0 Å². The SMILES string of the molecule is Cc1cc2c(cc1O)[N+](c1ccccc1)(N(C)C)c1ccccc1N2. The van der Waals surface area contributed by atoms with Gasteiger partial charge in [0.15, 0.2) is 17.1 Å². The minimum absolute atomic E-state index is 0.306. The molecule has 4 nitrogen and oxygen atoms in total. The van der Waals surface area contributed by atoms with Gasteiger partial charge in [0.05, 0.1) is 0 Å². The van der Waals surface area contributed by atoms with E-state index in [2.05, 4.69) is 66.9 Å². The van der Waals surface area contributed by atoms with Crippen molar-refractivity contribution >= 4 is 28.4 Å². The Balaban J connectivity index is 2.15. The number of nitrogens with one attached hydrogen (secondary N) is 1. The molecule has 0 aliphatic carbocycles. The quantitative estimate of drug-likeness (QED) is 0.500. The van der Waals surface area contributed by atoms with Crippen LogP contribution in [0, 0.1) is 6.92 Å². The van der Waals surface area contributed by atoms with Gasteiger partial charge < -0.3 is 10.4 Å². The molecule has 0 fully saturated rings. The molecule has 4 rings (SSSR count). The van der Waals surface area contributed by atoms with Crippen molar-refractivity contribution in [3.8, 4) is 5.75 Å². The van der Waals surface area contributed by atoms with Gasteiger partial charge in [0, 0.05) is 38.4 Å². The van der Waals surface area contributed by atoms with Crippen LogP contribution in [0.2, 0.25) is 0 Å². The molecule has 0 bridgehead atoms. The highest BCUT2D eigenvalue weighted by Crippen LogP contribution is 2.55. The molecule has 126 valence electrons. The fourth-order valence-electron chi connectivity index (χ4n) is 3.77. The molecule has 3 aromatic carbocycles. The summed E-state index contributed by atoms with van der Waals surface area (Å²) in [7, 11) is 4.13. The average Bonchev–Trinajstić information content (AvgIpc) is 2.61. The van der Waals surface area contributed by atoms with E-state index in [1.165, 1.54) is 0 Å². The Hall–Kier alpha value is -2.82. The first-order valence-corrected chi connectivity index (χ1v) is 8.38. The number of fused-ring (bicyclic) bond motifs is 2. The number of hydrogen-bond donors (Lipinski definition) is 2. The lowest BCUT2D eigenvalue weighted by atomic mass is 10.0. The van der Waals surface area contributed by atoms with E-state index in [1.807, 2.05) is 31.2 Å². The predicted octanol–water partition coefficient (Wildman–Crippen LogP) is 5.20. The van der Waals surface area contributed by atoms with Crippen LogP contribution in [-0.2, 0) is 0 Å². The number of benzene rings is 3. The van der Waals surface area contributed by atoms with E-state index in [9.17, 15) is 5.11 Å². The van der Waals surface area contributed by atoms with E-state index in [1.54, 1.807) is 0 Å². The summed E-state index contributed by atoms with van der Waals surface area (Å²) in [4.78, 5) is 0. The maximum Gasteiger partial charge on any atom is 0.190 e. The van der Waals surface area contributed by atoms with Crippen molar-refractivity contribution in [1.82, 2.24) is 9.60 Å². The third-order valence-electron chi connectivity index (χ3n) is 4.91. The monoisotopic (exact) mass is 332 g/mol. The van der Waals surface area contributed by atoms with E-state index in [-0.39, 0.29) is 0 Å². The smallest absolute Gasteiger partial charge is 0.190 e. The van der Waals surface area contributed by atoms with Crippen molar-refractivity contribution in [2.24, 2.45) is 0 Å². The number of phenolic OH excluding ortho intramolecular Hbond substituents is 1. The number of quaternary nitrogens is 1. The molecule has 0 amide bonds. The Morgan fingerprint density at radius 2 is 1.52 bits per heavy atom. The second kappa shape index (κ2) is 5.62. The summed E-state index contributed by atoms with van der Waals surface area (Å²) in [6.07, 6.45) is 0. The number of rotatable bonds is 2. The van der Waals surface area contributed by atoms with Crippen molar-refractivity contribution in [2.45, 2.75) is 6.92 Å². The standard InChI is InChI=1S/C21H21N3O/c1-15-13-18-20(14-21(15)25)24(23(2)3,16-9-5-4-6-10-16)19-12-8-7-11-17(19)22-18/h4-14,22H,1-3H3/p+1. The van der Waals surface area contributed by atoms with Gasteiger partial charge in [-0.1, -0.05) is 30.3 Å². The third-order valence-corrected chi connectivity index (χ3v) is 4.91. The molecule has 0 aromatic heterocycles. The van der Waals surface area contributed by atoms with Crippen molar-refractivity contribution in [3.63, 3.8) is 0 Å². The summed E-state index contributed by atoms with van der Waals surface area (Å²) in [6, 6.07) is 22.6. The van der Waals surface area contributed by atoms with E-state index < -0.39 is 0 Å². The maximum absolute atomic E-state index is 10.4. The largest absolute Gasteiger partial charge is 0.507 e. The Kier molecular flexibility index (Phi) is 3.53. The Morgan fingerprint density at radius 1 is 0.840 bits per heavy atom. The molecule has 4 heteroatoms. The van der Waals surface area contributed by atoms with Crippen LogP contribution in [0.15, 0.2) is 66.7 Å². The molecule has 0 saturated carbocycles. The lowest BCUT2D eigenvalue weighted by molar-refractivity contribution is 0.162. The molecule has 1 aliphatic heterocycles. The number of nitrogens with zero attached hydrogens (tertiary/aromatic N) is 2. The van der Waals surface area contributed by atoms with Gasteiger partial charge in [0.25, 0.3) is 0 Å². The number of aryl methyl sites for hydroxylation is 1. The molecular formula is C21H22N3O+. The molecule has 0 radical (unpaired) electrons. The Morgan fingerprint density at radius 3 is 2.24 bits per heavy atom. The minimum atomic E-state index is 0.306. The summed E-state index contributed by atoms with van der Waals surface area (Å²) >= 11 is 0. The highest BCUT2D eigenvalue weighted by molar-refractivity contribution is 5.93. The average molecular weight is 332 g/mol. The van der Waals surface area contributed by atoms with Crippen LogP contribution >= 0.6 is 0 Å². The van der Waals surface area contributed by atoms with E-state index in [0.717, 1.165) is 34.0 Å². The normalized spacial score (nSPS) is 18.4. The van der Waals surface area contributed by atoms with Crippen LogP contribution in [0.3, 0.4) is 0 Å². The molecule has 1 aliphatic rings. The Labute approximate surface area is 148 Å². The van der Waals surface area contributed by atoms with Crippen molar-refractivity contribution in [1.29, 1.82) is 0 Å². The number of para-hydroxylation sites is 3. The van der Waals surface area contributed by atoms with Crippen LogP contribution in [0.5, 0.6) is 5.75 Å². The fourth-order valence-corrected chi connectivity index (χ4v) is 3.77. The fraction of sp³-hybridized carbons (Fsp3) is 0.143. The topological polar surface area (TPSA) is 35.5 Å². The molecular weight excluding hydrogens is 310 g/mol. The van der Waals surface area contributed by atoms with Crippen LogP contribution in [0.4, 0.5) is 28.4 Å². The summed E-state index contributed by atoms with van der Waals surface area (Å²) in [5.74, 6) is 0.306. The van der Waals surface area contributed by atoms with E-state index >= 15 is 0 Å². The molecule has 0 saturated heterocycles. The molecule has 0 spiro atoms. The first-order valence-electron chi connectivity index (χ1n) is 8.38. The van der Waals surface area contributed by atoms with Gasteiger partial charge in [-0.2, -0.15) is 0 Å². The maximum atomic E-state index is 10.4. The molecule has 1 unspecified atom stereocenters. The minimum Gasteiger partial charge on any atom is -0.507 e. The molecule has 1 atom stereocenters. The zero-order valence-corrected chi connectivity index (χ0v) is 14.7. The van der Waals surface area contributed by atoms with Gasteiger partial charge in [-0.25, -0.2) is 0 Å². The molecule has 2 N–H and O–H groups in total. The summed E-state index contributed by atoms with van der Waals surface area (Å²) in [5, 5.41) is 16.1. The number of hydrogen-bond acceptors (Lipinski definition) is 3. The first kappa shape index (κ1) is 15.7. The highest BCUT2D eigenvalue weighted by atomic mass is 16.3. The number of aromatic hydroxyl groups is 1. The van der Waals surface area contributed by atoms with Crippen molar-refractivity contribution < 1.29 is 5.11 Å². The first-order chi connectivity index (χ1) is 12.0. The molecule has 3 aromatic rings. The summed E-state index contributed by atoms with van der Waals surface area (Å²) < 4.78 is 0.410. The van der Waals surface area contributed by atoms with Crippen LogP contribution in [0.25, 0.3) is 0 Å². The van der Waals surface area contributed by atoms with Gasteiger partial charge in [0.2, 0.25) is 0 Å². The second-order valence-electron chi connectivity index (χ2n) is 6.62. The molecule has 1 heterocycles. The van der Waals surface area contributed by atoms with Crippen molar-refractivity contribution in [3.05, 3.63) is 72.3 Å². The van der Waals surface area contributed by atoms with Gasteiger partial charge in [-0.15, -0.1) is 9.60 Å². The van der Waals surface area contributed by atoms with Crippen LogP contribution in [0.1, 0.15) is 5.56 Å². The lowest BCUT2D eigenvalue weighted by Crippen LogP contribution is -2.51. The molecule has 25 heavy (non-hydrogen) atoms. The third kappa shape index (κ3) is 2.15. The Bertz CT molecular complexity index is 937. The zero-order chi connectivity index (χ0) is 17.6. The highest BCUT2D eigenvalue weighted by Gasteiger charge is 2.46. The van der Waals surface area contributed by atoms with E-state index in [0.29, 0.717) is 10.3 Å². The number of anilines is 2. The second-order valence-corrected chi connectivity index (χ2v) is 6.62. The van der Waals surface area contributed by atoms with Crippen LogP contribution < -0.4 is 9.91 Å². The van der Waals surface area contributed by atoms with Crippen LogP contribution in [-0.4, -0.2) is 24.2 Å². The zero-order valence-electron chi connectivity index (χ0n) is 14.7. The van der Waals surface area contributed by atoms with Gasteiger partial charge >= 0.3 is 0 Å².